The molecule has 1 saturated heterocycles. The van der Waals surface area contributed by atoms with Crippen LogP contribution in [-0.2, 0) is 0 Å². The van der Waals surface area contributed by atoms with E-state index in [0.29, 0.717) is 0 Å². The summed E-state index contributed by atoms with van der Waals surface area (Å²) >= 11 is 0. The molecule has 0 aliphatic carbocycles. The van der Waals surface area contributed by atoms with Crippen LogP contribution < -0.4 is 5.32 Å². The first kappa shape index (κ1) is 8.20. The summed E-state index contributed by atoms with van der Waals surface area (Å²) < 4.78 is 0. The first-order chi connectivity index (χ1) is 5.29. The zero-order valence-corrected chi connectivity index (χ0v) is 6.45. The summed E-state index contributed by atoms with van der Waals surface area (Å²) in [4.78, 5) is 9.72. The molecule has 0 amide bonds. The van der Waals surface area contributed by atoms with Gasteiger partial charge < -0.3 is 5.32 Å². The Kier molecular flexibility index (Phi) is 3.04. The molecule has 0 unspecified atom stereocenters. The number of hydrogen-bond donors (Lipinski definition) is 1. The van der Waals surface area contributed by atoms with Crippen molar-refractivity contribution in [3.8, 4) is 0 Å². The highest BCUT2D eigenvalue weighted by atomic mass is 16.6. The molecule has 2 N–H and O–H groups in total. The van der Waals surface area contributed by atoms with Gasteiger partial charge >= 0.3 is 0 Å². The highest BCUT2D eigenvalue weighted by Crippen LogP contribution is 2.05. The molecule has 4 heteroatoms. The average molecular weight is 157 g/mol. The first-order valence-electron chi connectivity index (χ1n) is 3.96. The van der Waals surface area contributed by atoms with Crippen LogP contribution in [0.3, 0.4) is 0 Å². The number of nitrogens with two attached hydrogens (primary N) is 1. The first-order valence-corrected chi connectivity index (χ1v) is 3.96. The molecule has 0 bridgehead atoms. The van der Waals surface area contributed by atoms with Crippen molar-refractivity contribution in [2.75, 3.05) is 6.54 Å². The largest absolute Gasteiger partial charge is 0.312 e. The van der Waals surface area contributed by atoms with Gasteiger partial charge in [-0.2, -0.15) is 0 Å². The monoisotopic (exact) mass is 157 g/mol. The van der Waals surface area contributed by atoms with Crippen LogP contribution in [0, 0.1) is 10.1 Å². The van der Waals surface area contributed by atoms with Crippen LogP contribution >= 0.6 is 0 Å². The minimum Gasteiger partial charge on any atom is -0.312 e. The highest BCUT2D eigenvalue weighted by molar-refractivity contribution is 4.83. The molecule has 1 aliphatic heterocycles. The molecule has 0 atom stereocenters. The van der Waals surface area contributed by atoms with Gasteiger partial charge in [0.1, 0.15) is 0 Å². The Morgan fingerprint density at radius 1 is 1.45 bits per heavy atom. The van der Waals surface area contributed by atoms with Crippen molar-refractivity contribution in [1.29, 1.82) is 0 Å². The van der Waals surface area contributed by atoms with Gasteiger partial charge in [0, 0.05) is 6.42 Å². The van der Waals surface area contributed by atoms with Gasteiger partial charge in [-0.05, 0) is 19.3 Å². The Balaban J connectivity index is 2.48. The average Bonchev–Trinajstić information content (AvgIpc) is 2.14. The van der Waals surface area contributed by atoms with Crippen molar-refractivity contribution in [1.82, 2.24) is 0 Å². The van der Waals surface area contributed by atoms with Crippen LogP contribution in [0.4, 0.5) is 0 Å². The van der Waals surface area contributed by atoms with E-state index in [9.17, 15) is 10.1 Å². The fourth-order valence-electron chi connectivity index (χ4n) is 1.29. The number of nitrogens with zero attached hydrogens (tertiary/aromatic N) is 1. The van der Waals surface area contributed by atoms with Crippen LogP contribution in [-0.4, -0.2) is 11.5 Å². The third kappa shape index (κ3) is 3.13. The van der Waals surface area contributed by atoms with E-state index in [-0.39, 0.29) is 4.92 Å². The lowest BCUT2D eigenvalue weighted by Gasteiger charge is -1.94. The predicted octanol–water partition coefficient (Wildman–Crippen LogP) is 0.242. The molecule has 1 rings (SSSR count). The van der Waals surface area contributed by atoms with Gasteiger partial charge in [-0.3, -0.25) is 10.1 Å². The van der Waals surface area contributed by atoms with E-state index in [1.165, 1.54) is 12.8 Å². The van der Waals surface area contributed by atoms with Crippen LogP contribution in [0.15, 0.2) is 11.9 Å². The summed E-state index contributed by atoms with van der Waals surface area (Å²) in [6, 6.07) is 0. The summed E-state index contributed by atoms with van der Waals surface area (Å²) in [5.41, 5.74) is 0.896. The minimum atomic E-state index is -0.364. The fourth-order valence-corrected chi connectivity index (χ4v) is 1.29. The van der Waals surface area contributed by atoms with Gasteiger partial charge in [0.25, 0.3) is 6.20 Å². The van der Waals surface area contributed by atoms with Crippen molar-refractivity contribution in [3.05, 3.63) is 22.0 Å². The smallest absolute Gasteiger partial charge is 0.289 e. The predicted molar refractivity (Wildman–Crippen MR) is 40.3 cm³/mol. The Morgan fingerprint density at radius 3 is 3.00 bits per heavy atom. The molecule has 1 aliphatic rings. The number of allylic oxidation sites excluding steroid dienone is 1. The van der Waals surface area contributed by atoms with Gasteiger partial charge in [-0.15, -0.1) is 0 Å². The van der Waals surface area contributed by atoms with Crippen molar-refractivity contribution >= 4 is 0 Å². The van der Waals surface area contributed by atoms with E-state index >= 15 is 0 Å². The number of quaternary nitrogens is 1. The van der Waals surface area contributed by atoms with Gasteiger partial charge in [0.05, 0.1) is 11.5 Å². The second-order valence-corrected chi connectivity index (χ2v) is 2.79. The second-order valence-electron chi connectivity index (χ2n) is 2.79. The molecular formula is C7H13N2O2+. The Hall–Kier alpha value is -0.900. The fraction of sp³-hybridized carbons (Fsp3) is 0.714. The maximum Gasteiger partial charge on any atom is 0.289 e. The van der Waals surface area contributed by atoms with E-state index in [1.807, 2.05) is 5.32 Å². The van der Waals surface area contributed by atoms with E-state index in [1.54, 1.807) is 0 Å². The normalized spacial score (nSPS) is 23.1. The molecular weight excluding hydrogens is 144 g/mol. The summed E-state index contributed by atoms with van der Waals surface area (Å²) in [6.45, 7) is 1.000. The lowest BCUT2D eigenvalue weighted by Crippen LogP contribution is -2.81. The number of hydrogen-bond acceptors (Lipinski definition) is 2. The van der Waals surface area contributed by atoms with Crippen molar-refractivity contribution in [2.24, 2.45) is 0 Å². The molecule has 4 nitrogen and oxygen atoms in total. The molecule has 0 aromatic heterocycles. The third-order valence-corrected chi connectivity index (χ3v) is 1.85. The maximum absolute atomic E-state index is 10.1. The van der Waals surface area contributed by atoms with Gasteiger partial charge in [0.15, 0.2) is 5.70 Å². The topological polar surface area (TPSA) is 59.8 Å². The van der Waals surface area contributed by atoms with Gasteiger partial charge in [-0.25, -0.2) is 0 Å². The van der Waals surface area contributed by atoms with Crippen LogP contribution in [0.1, 0.15) is 25.7 Å². The highest BCUT2D eigenvalue weighted by Gasteiger charge is 2.10. The summed E-state index contributed by atoms with van der Waals surface area (Å²) in [6.07, 6.45) is 5.48. The van der Waals surface area contributed by atoms with Crippen LogP contribution in [0.5, 0.6) is 0 Å². The molecule has 0 aromatic carbocycles. The van der Waals surface area contributed by atoms with Crippen molar-refractivity contribution in [3.63, 3.8) is 0 Å². The van der Waals surface area contributed by atoms with Gasteiger partial charge in [0.2, 0.25) is 0 Å². The molecule has 1 heterocycles. The molecule has 0 spiro atoms. The summed E-state index contributed by atoms with van der Waals surface area (Å²) in [5.74, 6) is 0. The van der Waals surface area contributed by atoms with E-state index in [0.717, 1.165) is 31.3 Å². The Bertz CT molecular complexity index is 167. The standard InChI is InChI=1S/C7H12N2O2/c10-9(11)6-7-4-2-1-3-5-8-7/h6,8H,1-5H2/p+1/b7-6+. The zero-order valence-electron chi connectivity index (χ0n) is 6.45. The van der Waals surface area contributed by atoms with Crippen molar-refractivity contribution in [2.45, 2.75) is 25.7 Å². The summed E-state index contributed by atoms with van der Waals surface area (Å²) in [5, 5.41) is 12.1. The Labute approximate surface area is 65.4 Å². The van der Waals surface area contributed by atoms with Gasteiger partial charge in [-0.1, -0.05) is 0 Å². The second kappa shape index (κ2) is 4.08. The molecule has 0 saturated carbocycles. The maximum atomic E-state index is 10.1. The molecule has 0 aromatic rings. The molecule has 0 radical (unpaired) electrons. The third-order valence-electron chi connectivity index (χ3n) is 1.85. The van der Waals surface area contributed by atoms with E-state index < -0.39 is 0 Å². The lowest BCUT2D eigenvalue weighted by molar-refractivity contribution is -0.613. The molecule has 1 fully saturated rings. The molecule has 11 heavy (non-hydrogen) atoms. The summed E-state index contributed by atoms with van der Waals surface area (Å²) in [7, 11) is 0. The van der Waals surface area contributed by atoms with Crippen LogP contribution in [0.2, 0.25) is 0 Å². The quantitative estimate of drug-likeness (QED) is 0.438. The lowest BCUT2D eigenvalue weighted by atomic mass is 10.2. The Morgan fingerprint density at radius 2 is 2.27 bits per heavy atom. The van der Waals surface area contributed by atoms with Crippen LogP contribution in [0.25, 0.3) is 0 Å². The SMILES string of the molecule is O=[N+]([O-])/C=C1\CCCCC[NH2+]1. The van der Waals surface area contributed by atoms with Crippen molar-refractivity contribution < 1.29 is 10.2 Å². The van der Waals surface area contributed by atoms with E-state index in [4.69, 9.17) is 0 Å². The number of rotatable bonds is 1. The van der Waals surface area contributed by atoms with E-state index in [2.05, 4.69) is 0 Å². The zero-order chi connectivity index (χ0) is 8.10. The minimum absolute atomic E-state index is 0.364. The number of nitro groups is 1. The molecule has 62 valence electrons.